The summed E-state index contributed by atoms with van der Waals surface area (Å²) < 4.78 is 0. The van der Waals surface area contributed by atoms with Gasteiger partial charge in [0.25, 0.3) is 0 Å². The van der Waals surface area contributed by atoms with Crippen molar-refractivity contribution in [1.29, 1.82) is 0 Å². The van der Waals surface area contributed by atoms with E-state index in [0.29, 0.717) is 6.54 Å². The number of amides is 1. The normalized spacial score (nSPS) is 18.1. The molecule has 1 aliphatic rings. The van der Waals surface area contributed by atoms with Gasteiger partial charge in [0.05, 0.1) is 23.1 Å². The Kier molecular flexibility index (Phi) is 4.14. The molecule has 1 saturated heterocycles. The standard InChI is InChI=1S/C17H20N6OS/c1-11-9-22(6-7-23(11)14(24)8-18)17-15(19-10-25-17)16-20-12-4-2-3-5-13(12)21-16/h2-5,10-11H,6-9,18H2,1H3,(H,20,21). The first-order chi connectivity index (χ1) is 12.2. The number of nitrogens with zero attached hydrogens (tertiary/aromatic N) is 4. The lowest BCUT2D eigenvalue weighted by molar-refractivity contribution is -0.132. The second kappa shape index (κ2) is 6.45. The number of hydrogen-bond acceptors (Lipinski definition) is 6. The lowest BCUT2D eigenvalue weighted by atomic mass is 10.2. The van der Waals surface area contributed by atoms with E-state index in [4.69, 9.17) is 5.73 Å². The van der Waals surface area contributed by atoms with Gasteiger partial charge in [-0.1, -0.05) is 12.1 Å². The van der Waals surface area contributed by atoms with Crippen molar-refractivity contribution in [2.45, 2.75) is 13.0 Å². The molecule has 2 aromatic heterocycles. The topological polar surface area (TPSA) is 91.1 Å². The SMILES string of the molecule is CC1CN(c2scnc2-c2nc3ccccc3[nH]2)CCN1C(=O)CN. The molecular formula is C17H20N6OS. The molecule has 130 valence electrons. The maximum atomic E-state index is 11.9. The van der Waals surface area contributed by atoms with E-state index in [0.717, 1.165) is 40.6 Å². The largest absolute Gasteiger partial charge is 0.358 e. The highest BCUT2D eigenvalue weighted by molar-refractivity contribution is 7.14. The second-order valence-corrected chi connectivity index (χ2v) is 7.03. The average Bonchev–Trinajstić information content (AvgIpc) is 3.27. The molecule has 1 fully saturated rings. The van der Waals surface area contributed by atoms with Crippen LogP contribution >= 0.6 is 11.3 Å². The number of H-pyrrole nitrogens is 1. The summed E-state index contributed by atoms with van der Waals surface area (Å²) in [7, 11) is 0. The summed E-state index contributed by atoms with van der Waals surface area (Å²) in [5.41, 5.74) is 10.2. The minimum Gasteiger partial charge on any atom is -0.358 e. The summed E-state index contributed by atoms with van der Waals surface area (Å²) in [6, 6.07) is 8.08. The van der Waals surface area contributed by atoms with Gasteiger partial charge in [0.2, 0.25) is 5.91 Å². The van der Waals surface area contributed by atoms with Crippen LogP contribution in [0.2, 0.25) is 0 Å². The summed E-state index contributed by atoms with van der Waals surface area (Å²) in [5.74, 6) is 0.791. The third-order valence-corrected chi connectivity index (χ3v) is 5.46. The molecule has 8 heteroatoms. The molecule has 1 atom stereocenters. The van der Waals surface area contributed by atoms with Gasteiger partial charge < -0.3 is 20.5 Å². The Morgan fingerprint density at radius 1 is 1.40 bits per heavy atom. The Labute approximate surface area is 149 Å². The molecule has 0 aliphatic carbocycles. The van der Waals surface area contributed by atoms with Crippen LogP contribution in [0.4, 0.5) is 5.00 Å². The number of aromatic amines is 1. The summed E-state index contributed by atoms with van der Waals surface area (Å²) in [5, 5.41) is 1.09. The molecule has 1 aromatic carbocycles. The third kappa shape index (κ3) is 2.87. The first-order valence-electron chi connectivity index (χ1n) is 8.30. The molecule has 4 rings (SSSR count). The van der Waals surface area contributed by atoms with Crippen molar-refractivity contribution in [3.63, 3.8) is 0 Å². The van der Waals surface area contributed by atoms with Gasteiger partial charge in [0, 0.05) is 25.7 Å². The molecular weight excluding hydrogens is 336 g/mol. The molecule has 0 radical (unpaired) electrons. The molecule has 3 heterocycles. The molecule has 1 aliphatic heterocycles. The zero-order chi connectivity index (χ0) is 17.4. The Balaban J connectivity index is 1.61. The highest BCUT2D eigenvalue weighted by Crippen LogP contribution is 2.34. The van der Waals surface area contributed by atoms with E-state index in [1.807, 2.05) is 34.7 Å². The van der Waals surface area contributed by atoms with Crippen molar-refractivity contribution in [3.8, 4) is 11.5 Å². The van der Waals surface area contributed by atoms with E-state index in [2.05, 4.69) is 26.8 Å². The van der Waals surface area contributed by atoms with Gasteiger partial charge in [0.15, 0.2) is 5.82 Å². The number of carbonyl (C=O) groups excluding carboxylic acids is 1. The lowest BCUT2D eigenvalue weighted by Crippen LogP contribution is -2.55. The summed E-state index contributed by atoms with van der Waals surface area (Å²) in [6.07, 6.45) is 0. The first kappa shape index (κ1) is 16.0. The number of aromatic nitrogens is 3. The fourth-order valence-corrected chi connectivity index (χ4v) is 4.16. The maximum Gasteiger partial charge on any atom is 0.236 e. The molecule has 3 N–H and O–H groups in total. The number of benzene rings is 1. The van der Waals surface area contributed by atoms with Crippen LogP contribution < -0.4 is 10.6 Å². The van der Waals surface area contributed by atoms with Crippen molar-refractivity contribution >= 4 is 33.3 Å². The Morgan fingerprint density at radius 3 is 3.00 bits per heavy atom. The predicted octanol–water partition coefficient (Wildman–Crippen LogP) is 1.68. The monoisotopic (exact) mass is 356 g/mol. The molecule has 0 spiro atoms. The van der Waals surface area contributed by atoms with Crippen molar-refractivity contribution in [1.82, 2.24) is 19.9 Å². The van der Waals surface area contributed by atoms with E-state index >= 15 is 0 Å². The van der Waals surface area contributed by atoms with Gasteiger partial charge >= 0.3 is 0 Å². The number of para-hydroxylation sites is 2. The summed E-state index contributed by atoms with van der Waals surface area (Å²) in [6.45, 7) is 4.33. The zero-order valence-electron chi connectivity index (χ0n) is 14.0. The van der Waals surface area contributed by atoms with E-state index in [1.54, 1.807) is 11.3 Å². The minimum absolute atomic E-state index is 0.00830. The Bertz CT molecular complexity index is 870. The number of hydrogen-bond donors (Lipinski definition) is 2. The number of carbonyl (C=O) groups is 1. The van der Waals surface area contributed by atoms with Crippen molar-refractivity contribution in [3.05, 3.63) is 29.8 Å². The van der Waals surface area contributed by atoms with Crippen LogP contribution in [0.25, 0.3) is 22.6 Å². The summed E-state index contributed by atoms with van der Waals surface area (Å²) in [4.78, 5) is 28.6. The highest BCUT2D eigenvalue weighted by Gasteiger charge is 2.29. The number of piperazine rings is 1. The number of thiazole rings is 1. The molecule has 0 bridgehead atoms. The molecule has 7 nitrogen and oxygen atoms in total. The number of imidazole rings is 1. The molecule has 25 heavy (non-hydrogen) atoms. The van der Waals surface area contributed by atoms with Crippen LogP contribution in [0, 0.1) is 0 Å². The minimum atomic E-state index is 0.00830. The Morgan fingerprint density at radius 2 is 2.24 bits per heavy atom. The van der Waals surface area contributed by atoms with E-state index in [1.165, 1.54) is 0 Å². The van der Waals surface area contributed by atoms with Gasteiger partial charge in [0.1, 0.15) is 10.7 Å². The van der Waals surface area contributed by atoms with Crippen LogP contribution in [0.1, 0.15) is 6.92 Å². The maximum absolute atomic E-state index is 11.9. The smallest absolute Gasteiger partial charge is 0.236 e. The van der Waals surface area contributed by atoms with Crippen molar-refractivity contribution in [2.24, 2.45) is 5.73 Å². The predicted molar refractivity (Wildman–Crippen MR) is 99.6 cm³/mol. The quantitative estimate of drug-likeness (QED) is 0.745. The summed E-state index contributed by atoms with van der Waals surface area (Å²) >= 11 is 1.60. The van der Waals surface area contributed by atoms with Gasteiger partial charge in [-0.2, -0.15) is 0 Å². The number of nitrogens with one attached hydrogen (secondary N) is 1. The fourth-order valence-electron chi connectivity index (χ4n) is 3.32. The second-order valence-electron chi connectivity index (χ2n) is 6.19. The van der Waals surface area contributed by atoms with Gasteiger partial charge in [-0.15, -0.1) is 11.3 Å². The molecule has 0 saturated carbocycles. The van der Waals surface area contributed by atoms with Crippen LogP contribution in [0.5, 0.6) is 0 Å². The third-order valence-electron chi connectivity index (χ3n) is 4.57. The van der Waals surface area contributed by atoms with Crippen LogP contribution in [-0.2, 0) is 4.79 Å². The number of rotatable bonds is 3. The Hall–Kier alpha value is -2.45. The first-order valence-corrected chi connectivity index (χ1v) is 9.18. The van der Waals surface area contributed by atoms with Crippen molar-refractivity contribution < 1.29 is 4.79 Å². The number of fused-ring (bicyclic) bond motifs is 1. The van der Waals surface area contributed by atoms with E-state index in [-0.39, 0.29) is 18.5 Å². The van der Waals surface area contributed by atoms with Crippen molar-refractivity contribution in [2.75, 3.05) is 31.1 Å². The van der Waals surface area contributed by atoms with Gasteiger partial charge in [-0.05, 0) is 19.1 Å². The van der Waals surface area contributed by atoms with Gasteiger partial charge in [-0.3, -0.25) is 4.79 Å². The van der Waals surface area contributed by atoms with Crippen LogP contribution in [-0.4, -0.2) is 58.0 Å². The van der Waals surface area contributed by atoms with E-state index in [9.17, 15) is 4.79 Å². The molecule has 3 aromatic rings. The average molecular weight is 356 g/mol. The van der Waals surface area contributed by atoms with Gasteiger partial charge in [-0.25, -0.2) is 9.97 Å². The lowest BCUT2D eigenvalue weighted by Gasteiger charge is -2.40. The number of nitrogens with two attached hydrogens (primary N) is 1. The fraction of sp³-hybridized carbons (Fsp3) is 0.353. The van der Waals surface area contributed by atoms with Crippen LogP contribution in [0.15, 0.2) is 29.8 Å². The molecule has 1 amide bonds. The highest BCUT2D eigenvalue weighted by atomic mass is 32.1. The van der Waals surface area contributed by atoms with E-state index < -0.39 is 0 Å². The van der Waals surface area contributed by atoms with Crippen LogP contribution in [0.3, 0.4) is 0 Å². The molecule has 1 unspecified atom stereocenters. The number of anilines is 1. The zero-order valence-corrected chi connectivity index (χ0v) is 14.8.